The molecule has 1 unspecified atom stereocenters. The predicted octanol–water partition coefficient (Wildman–Crippen LogP) is 5.34. The molecule has 0 amide bonds. The third-order valence-electron chi connectivity index (χ3n) is 5.42. The molecule has 11 heteroatoms. The van der Waals surface area contributed by atoms with Crippen LogP contribution in [0.3, 0.4) is 0 Å². The second-order valence-electron chi connectivity index (χ2n) is 7.86. The molecule has 1 N–H and O–H groups in total. The number of carbonyl (C=O) groups excluding carboxylic acids is 2. The van der Waals surface area contributed by atoms with E-state index in [9.17, 15) is 19.7 Å². The monoisotopic (exact) mass is 529 g/mol. The van der Waals surface area contributed by atoms with Gasteiger partial charge in [-0.25, -0.2) is 9.59 Å². The Labute approximate surface area is 217 Å². The first-order valence-corrected chi connectivity index (χ1v) is 11.5. The van der Waals surface area contributed by atoms with Crippen LogP contribution in [0.2, 0.25) is 10.0 Å². The minimum Gasteiger partial charge on any atom is -0.461 e. The highest BCUT2D eigenvalue weighted by atomic mass is 35.5. The normalized spacial score (nSPS) is 15.1. The van der Waals surface area contributed by atoms with E-state index < -0.39 is 22.8 Å². The van der Waals surface area contributed by atoms with Gasteiger partial charge in [0.2, 0.25) is 0 Å². The van der Waals surface area contributed by atoms with Gasteiger partial charge >= 0.3 is 11.9 Å². The quantitative estimate of drug-likeness (QED) is 0.210. The van der Waals surface area contributed by atoms with E-state index in [1.165, 1.54) is 18.2 Å². The maximum Gasteiger partial charge on any atom is 0.337 e. The van der Waals surface area contributed by atoms with Gasteiger partial charge in [0.25, 0.3) is 5.69 Å². The standard InChI is InChI=1S/C25H21Cl2N3O6/c1-14-21(24(31)35-10-4-9-28)23(17-5-3-6-18(12-17)30(33)34)22(15(2)29-14)25(32)36-13-16-7-8-19(26)20(27)11-16/h3,5-8,11-12,23,29H,4,10,13H2,1-2H3. The van der Waals surface area contributed by atoms with E-state index in [1.807, 2.05) is 6.07 Å². The molecule has 186 valence electrons. The molecule has 36 heavy (non-hydrogen) atoms. The summed E-state index contributed by atoms with van der Waals surface area (Å²) >= 11 is 12.0. The van der Waals surface area contributed by atoms with E-state index in [1.54, 1.807) is 38.1 Å². The lowest BCUT2D eigenvalue weighted by molar-refractivity contribution is -0.384. The average molecular weight is 530 g/mol. The van der Waals surface area contributed by atoms with Crippen molar-refractivity contribution in [3.8, 4) is 6.07 Å². The fourth-order valence-electron chi connectivity index (χ4n) is 3.81. The summed E-state index contributed by atoms with van der Waals surface area (Å²) < 4.78 is 10.8. The molecule has 9 nitrogen and oxygen atoms in total. The van der Waals surface area contributed by atoms with Gasteiger partial charge in [0.05, 0.1) is 44.5 Å². The van der Waals surface area contributed by atoms with E-state index in [4.69, 9.17) is 37.9 Å². The largest absolute Gasteiger partial charge is 0.461 e. The van der Waals surface area contributed by atoms with E-state index in [0.717, 1.165) is 0 Å². The van der Waals surface area contributed by atoms with Gasteiger partial charge in [-0.1, -0.05) is 41.4 Å². The maximum atomic E-state index is 13.3. The number of allylic oxidation sites excluding steroid dienone is 2. The van der Waals surface area contributed by atoms with Crippen molar-refractivity contribution in [2.24, 2.45) is 0 Å². The number of hydrogen-bond acceptors (Lipinski definition) is 8. The molecule has 1 atom stereocenters. The molecule has 0 fully saturated rings. The molecule has 0 aliphatic carbocycles. The number of halogens is 2. The Morgan fingerprint density at radius 1 is 1.06 bits per heavy atom. The lowest BCUT2D eigenvalue weighted by atomic mass is 9.80. The van der Waals surface area contributed by atoms with Gasteiger partial charge in [0.15, 0.2) is 0 Å². The van der Waals surface area contributed by atoms with Crippen LogP contribution in [-0.4, -0.2) is 23.5 Å². The van der Waals surface area contributed by atoms with Crippen LogP contribution in [0.15, 0.2) is 65.0 Å². The van der Waals surface area contributed by atoms with Crippen molar-refractivity contribution < 1.29 is 24.0 Å². The first kappa shape index (κ1) is 26.7. The number of benzene rings is 2. The smallest absolute Gasteiger partial charge is 0.337 e. The van der Waals surface area contributed by atoms with E-state index in [2.05, 4.69) is 5.32 Å². The number of nitrogens with zero attached hydrogens (tertiary/aromatic N) is 2. The Kier molecular flexibility index (Phi) is 8.69. The van der Waals surface area contributed by atoms with Crippen molar-refractivity contribution in [2.75, 3.05) is 6.61 Å². The van der Waals surface area contributed by atoms with Crippen LogP contribution in [-0.2, 0) is 25.7 Å². The Morgan fingerprint density at radius 2 is 1.72 bits per heavy atom. The Hall–Kier alpha value is -3.87. The topological polar surface area (TPSA) is 132 Å². The lowest BCUT2D eigenvalue weighted by Crippen LogP contribution is -2.32. The average Bonchev–Trinajstić information content (AvgIpc) is 2.84. The number of non-ortho nitro benzene ring substituents is 1. The predicted molar refractivity (Wildman–Crippen MR) is 132 cm³/mol. The van der Waals surface area contributed by atoms with Gasteiger partial charge in [0.1, 0.15) is 13.2 Å². The maximum absolute atomic E-state index is 13.3. The second kappa shape index (κ2) is 11.7. The third-order valence-corrected chi connectivity index (χ3v) is 6.15. The molecular formula is C25H21Cl2N3O6. The van der Waals surface area contributed by atoms with Crippen molar-refractivity contribution in [3.05, 3.63) is 96.3 Å². The number of carbonyl (C=O) groups is 2. The number of nitro benzene ring substituents is 1. The fourth-order valence-corrected chi connectivity index (χ4v) is 4.13. The number of nitro groups is 1. The molecular weight excluding hydrogens is 509 g/mol. The van der Waals surface area contributed by atoms with Crippen LogP contribution in [0.5, 0.6) is 0 Å². The zero-order valence-electron chi connectivity index (χ0n) is 19.3. The highest BCUT2D eigenvalue weighted by Crippen LogP contribution is 2.40. The van der Waals surface area contributed by atoms with Crippen molar-refractivity contribution in [1.82, 2.24) is 5.32 Å². The molecule has 0 bridgehead atoms. The molecule has 3 rings (SSSR count). The minimum atomic E-state index is -1.01. The van der Waals surface area contributed by atoms with E-state index >= 15 is 0 Å². The van der Waals surface area contributed by atoms with Gasteiger partial charge in [-0.05, 0) is 37.1 Å². The van der Waals surface area contributed by atoms with E-state index in [-0.39, 0.29) is 36.5 Å². The molecule has 2 aromatic carbocycles. The second-order valence-corrected chi connectivity index (χ2v) is 8.67. The zero-order valence-corrected chi connectivity index (χ0v) is 20.9. The molecule has 0 saturated heterocycles. The summed E-state index contributed by atoms with van der Waals surface area (Å²) in [5.74, 6) is -2.51. The third kappa shape index (κ3) is 6.03. The number of rotatable bonds is 8. The first-order chi connectivity index (χ1) is 17.1. The van der Waals surface area contributed by atoms with Gasteiger partial charge in [-0.15, -0.1) is 0 Å². The zero-order chi connectivity index (χ0) is 26.4. The summed E-state index contributed by atoms with van der Waals surface area (Å²) in [4.78, 5) is 37.2. The summed E-state index contributed by atoms with van der Waals surface area (Å²) in [6.45, 7) is 3.00. The molecule has 1 heterocycles. The number of hydrogen-bond donors (Lipinski definition) is 1. The SMILES string of the molecule is CC1=C(C(=O)OCCC#N)C(c2cccc([N+](=O)[O-])c2)C(C(=O)OCc2ccc(Cl)c(Cl)c2)=C(C)N1. The molecule has 0 spiro atoms. The number of dihydropyridines is 1. The highest BCUT2D eigenvalue weighted by Gasteiger charge is 2.38. The van der Waals surface area contributed by atoms with Crippen molar-refractivity contribution >= 4 is 40.8 Å². The summed E-state index contributed by atoms with van der Waals surface area (Å²) in [5.41, 5.74) is 1.72. The summed E-state index contributed by atoms with van der Waals surface area (Å²) in [5, 5.41) is 23.9. The molecule has 1 aliphatic rings. The molecule has 1 aliphatic heterocycles. The molecule has 2 aromatic rings. The molecule has 0 radical (unpaired) electrons. The van der Waals surface area contributed by atoms with Crippen LogP contribution in [0.1, 0.15) is 37.3 Å². The van der Waals surface area contributed by atoms with Crippen molar-refractivity contribution in [1.29, 1.82) is 5.26 Å². The highest BCUT2D eigenvalue weighted by molar-refractivity contribution is 6.42. The van der Waals surface area contributed by atoms with Crippen molar-refractivity contribution in [2.45, 2.75) is 32.8 Å². The minimum absolute atomic E-state index is 0.0135. The summed E-state index contributed by atoms with van der Waals surface area (Å²) in [6.07, 6.45) is -0.0135. The van der Waals surface area contributed by atoms with Gasteiger partial charge in [0, 0.05) is 23.5 Å². The van der Waals surface area contributed by atoms with Crippen LogP contribution < -0.4 is 5.32 Å². The van der Waals surface area contributed by atoms with Crippen LogP contribution in [0.25, 0.3) is 0 Å². The number of nitriles is 1. The number of esters is 2. The van der Waals surface area contributed by atoms with Crippen LogP contribution in [0, 0.1) is 21.4 Å². The lowest BCUT2D eigenvalue weighted by Gasteiger charge is -2.30. The first-order valence-electron chi connectivity index (χ1n) is 10.7. The Bertz CT molecular complexity index is 1330. The van der Waals surface area contributed by atoms with Gasteiger partial charge in [-0.2, -0.15) is 5.26 Å². The van der Waals surface area contributed by atoms with Gasteiger partial charge < -0.3 is 14.8 Å². The number of nitrogens with one attached hydrogen (secondary N) is 1. The molecule has 0 aromatic heterocycles. The Balaban J connectivity index is 2.01. The van der Waals surface area contributed by atoms with Crippen LogP contribution >= 0.6 is 23.2 Å². The van der Waals surface area contributed by atoms with Crippen molar-refractivity contribution in [3.63, 3.8) is 0 Å². The summed E-state index contributed by atoms with van der Waals surface area (Å²) in [7, 11) is 0. The number of ether oxygens (including phenoxy) is 2. The molecule has 0 saturated carbocycles. The fraction of sp³-hybridized carbons (Fsp3) is 0.240. The summed E-state index contributed by atoms with van der Waals surface area (Å²) in [6, 6.07) is 12.3. The van der Waals surface area contributed by atoms with Crippen LogP contribution in [0.4, 0.5) is 5.69 Å². The van der Waals surface area contributed by atoms with E-state index in [0.29, 0.717) is 32.6 Å². The van der Waals surface area contributed by atoms with Gasteiger partial charge in [-0.3, -0.25) is 10.1 Å². The Morgan fingerprint density at radius 3 is 2.33 bits per heavy atom.